The number of piperidine rings is 1. The summed E-state index contributed by atoms with van der Waals surface area (Å²) in [5, 5.41) is 19.0. The number of ether oxygens (including phenoxy) is 4. The van der Waals surface area contributed by atoms with Crippen LogP contribution in [0.25, 0.3) is 0 Å². The topological polar surface area (TPSA) is 136 Å². The van der Waals surface area contributed by atoms with E-state index in [0.29, 0.717) is 53.6 Å². The molecule has 10 nitrogen and oxygen atoms in total. The Balaban J connectivity index is 0.000000440. The summed E-state index contributed by atoms with van der Waals surface area (Å²) in [5.41, 5.74) is 0.855. The first-order chi connectivity index (χ1) is 16.3. The van der Waals surface area contributed by atoms with Crippen LogP contribution in [0, 0.1) is 12.8 Å². The van der Waals surface area contributed by atoms with Crippen molar-refractivity contribution in [2.45, 2.75) is 19.8 Å². The molecule has 0 saturated carbocycles. The Hall–Kier alpha value is -3.79. The largest absolute Gasteiger partial charge is 0.493 e. The molecular formula is C24H30N2O8. The lowest BCUT2D eigenvalue weighted by molar-refractivity contribution is -0.134. The number of pyridine rings is 1. The first-order valence-electron chi connectivity index (χ1n) is 10.7. The standard InChI is InChI=1S/C20H26N2O4.C4H4O4/c1-14-9-10-18(25-13-15-6-5-11-21-12-15)20(22-14)26-17-8-4-7-16(23-2)19(17)24-3;5-3(6)1-2-4(7)8/h4,7-10,15,21H,5-6,11-13H2,1-3H3;1-2H,(H,5,6)(H,7,8)/b;2-1+/t15-;/m0./s1. The number of aryl methyl sites for hydroxylation is 1. The normalized spacial score (nSPS) is 15.1. The summed E-state index contributed by atoms with van der Waals surface area (Å²) in [6.07, 6.45) is 3.47. The lowest BCUT2D eigenvalue weighted by atomic mass is 10.0. The molecule has 0 aliphatic carbocycles. The fourth-order valence-electron chi connectivity index (χ4n) is 3.16. The molecule has 184 valence electrons. The van der Waals surface area contributed by atoms with Crippen LogP contribution in [-0.4, -0.2) is 61.1 Å². The van der Waals surface area contributed by atoms with Crippen molar-refractivity contribution in [1.29, 1.82) is 0 Å². The third kappa shape index (κ3) is 8.62. The summed E-state index contributed by atoms with van der Waals surface area (Å²) in [4.78, 5) is 23.6. The van der Waals surface area contributed by atoms with Crippen LogP contribution in [-0.2, 0) is 9.59 Å². The van der Waals surface area contributed by atoms with E-state index in [0.717, 1.165) is 18.8 Å². The zero-order valence-corrected chi connectivity index (χ0v) is 19.4. The van der Waals surface area contributed by atoms with Crippen molar-refractivity contribution in [2.75, 3.05) is 33.9 Å². The van der Waals surface area contributed by atoms with Crippen LogP contribution in [0.15, 0.2) is 42.5 Å². The molecule has 0 bridgehead atoms. The second-order valence-corrected chi connectivity index (χ2v) is 7.38. The maximum Gasteiger partial charge on any atom is 0.328 e. The van der Waals surface area contributed by atoms with E-state index in [-0.39, 0.29) is 0 Å². The first kappa shape index (κ1) is 26.5. The number of hydrogen-bond acceptors (Lipinski definition) is 8. The molecule has 1 aromatic carbocycles. The van der Waals surface area contributed by atoms with E-state index >= 15 is 0 Å². The zero-order chi connectivity index (χ0) is 24.9. The van der Waals surface area contributed by atoms with Gasteiger partial charge in [0.1, 0.15) is 0 Å². The number of rotatable bonds is 9. The number of methoxy groups -OCH3 is 2. The molecule has 0 amide bonds. The van der Waals surface area contributed by atoms with Gasteiger partial charge in [-0.25, -0.2) is 14.6 Å². The number of hydrogen-bond donors (Lipinski definition) is 3. The summed E-state index contributed by atoms with van der Waals surface area (Å²) in [7, 11) is 3.18. The Morgan fingerprint density at radius 3 is 2.35 bits per heavy atom. The van der Waals surface area contributed by atoms with E-state index in [1.54, 1.807) is 14.2 Å². The first-order valence-corrected chi connectivity index (χ1v) is 10.7. The average Bonchev–Trinajstić information content (AvgIpc) is 2.83. The molecule has 0 radical (unpaired) electrons. The van der Waals surface area contributed by atoms with Crippen molar-refractivity contribution in [1.82, 2.24) is 10.3 Å². The summed E-state index contributed by atoms with van der Waals surface area (Å²) in [5.74, 6) is 0.721. The van der Waals surface area contributed by atoms with Crippen LogP contribution in [0.2, 0.25) is 0 Å². The van der Waals surface area contributed by atoms with E-state index in [9.17, 15) is 9.59 Å². The van der Waals surface area contributed by atoms with Gasteiger partial charge in [-0.15, -0.1) is 0 Å². The van der Waals surface area contributed by atoms with Gasteiger partial charge in [-0.05, 0) is 50.6 Å². The third-order valence-electron chi connectivity index (χ3n) is 4.78. The molecular weight excluding hydrogens is 444 g/mol. The van der Waals surface area contributed by atoms with Crippen LogP contribution >= 0.6 is 0 Å². The van der Waals surface area contributed by atoms with Crippen LogP contribution in [0.3, 0.4) is 0 Å². The van der Waals surface area contributed by atoms with E-state index < -0.39 is 11.9 Å². The highest BCUT2D eigenvalue weighted by atomic mass is 16.6. The minimum absolute atomic E-state index is 0.431. The maximum absolute atomic E-state index is 9.55. The molecule has 1 fully saturated rings. The number of aromatic nitrogens is 1. The SMILES string of the molecule is COc1cccc(Oc2nc(C)ccc2OC[C@H]2CCCNC2)c1OC.O=C(O)/C=C/C(=O)O. The fraction of sp³-hybridized carbons (Fsp3) is 0.375. The molecule has 1 aliphatic rings. The number of carboxylic acids is 2. The van der Waals surface area contributed by atoms with Crippen molar-refractivity contribution >= 4 is 11.9 Å². The van der Waals surface area contributed by atoms with Gasteiger partial charge >= 0.3 is 11.9 Å². The van der Waals surface area contributed by atoms with Crippen LogP contribution in [0.1, 0.15) is 18.5 Å². The van der Waals surface area contributed by atoms with Gasteiger partial charge in [0.05, 0.1) is 20.8 Å². The fourth-order valence-corrected chi connectivity index (χ4v) is 3.16. The van der Waals surface area contributed by atoms with Crippen LogP contribution < -0.4 is 24.3 Å². The molecule has 3 rings (SSSR count). The van der Waals surface area contributed by atoms with Crippen molar-refractivity contribution in [3.8, 4) is 28.9 Å². The Kier molecular flexibility index (Phi) is 10.7. The lowest BCUT2D eigenvalue weighted by Gasteiger charge is -2.23. The molecule has 1 saturated heterocycles. The van der Waals surface area contributed by atoms with Gasteiger partial charge in [-0.2, -0.15) is 0 Å². The number of aliphatic carboxylic acids is 2. The second kappa shape index (κ2) is 13.7. The van der Waals surface area contributed by atoms with E-state index in [2.05, 4.69) is 10.3 Å². The lowest BCUT2D eigenvalue weighted by Crippen LogP contribution is -2.33. The zero-order valence-electron chi connectivity index (χ0n) is 19.4. The van der Waals surface area contributed by atoms with Crippen molar-refractivity contribution in [3.63, 3.8) is 0 Å². The predicted octanol–water partition coefficient (Wildman–Crippen LogP) is 3.29. The van der Waals surface area contributed by atoms with Crippen LogP contribution in [0.4, 0.5) is 0 Å². The molecule has 1 atom stereocenters. The van der Waals surface area contributed by atoms with Gasteiger partial charge in [0.2, 0.25) is 5.75 Å². The average molecular weight is 475 g/mol. The molecule has 3 N–H and O–H groups in total. The van der Waals surface area contributed by atoms with Gasteiger partial charge in [0.15, 0.2) is 17.2 Å². The van der Waals surface area contributed by atoms with E-state index in [1.807, 2.05) is 37.3 Å². The van der Waals surface area contributed by atoms with Gasteiger partial charge < -0.3 is 34.5 Å². The number of carbonyl (C=O) groups is 2. The van der Waals surface area contributed by atoms with Crippen LogP contribution in [0.5, 0.6) is 28.9 Å². The Labute approximate surface area is 198 Å². The third-order valence-corrected chi connectivity index (χ3v) is 4.78. The highest BCUT2D eigenvalue weighted by Gasteiger charge is 2.18. The van der Waals surface area contributed by atoms with E-state index in [1.165, 1.54) is 12.8 Å². The molecule has 2 heterocycles. The summed E-state index contributed by atoms with van der Waals surface area (Å²) < 4.78 is 22.8. The molecule has 10 heteroatoms. The highest BCUT2D eigenvalue weighted by molar-refractivity contribution is 5.89. The molecule has 0 spiro atoms. The molecule has 2 aromatic rings. The summed E-state index contributed by atoms with van der Waals surface area (Å²) in [6, 6.07) is 9.31. The monoisotopic (exact) mass is 474 g/mol. The predicted molar refractivity (Wildman–Crippen MR) is 124 cm³/mol. The Morgan fingerprint density at radius 2 is 1.76 bits per heavy atom. The minimum Gasteiger partial charge on any atom is -0.493 e. The van der Waals surface area contributed by atoms with E-state index in [4.69, 9.17) is 29.2 Å². The molecule has 1 aromatic heterocycles. The summed E-state index contributed by atoms with van der Waals surface area (Å²) in [6.45, 7) is 4.64. The summed E-state index contributed by atoms with van der Waals surface area (Å²) >= 11 is 0. The smallest absolute Gasteiger partial charge is 0.328 e. The molecule has 34 heavy (non-hydrogen) atoms. The van der Waals surface area contributed by atoms with Gasteiger partial charge in [0.25, 0.3) is 5.88 Å². The van der Waals surface area contributed by atoms with Gasteiger partial charge in [-0.3, -0.25) is 0 Å². The Morgan fingerprint density at radius 1 is 1.06 bits per heavy atom. The molecule has 1 aliphatic heterocycles. The number of nitrogens with one attached hydrogen (secondary N) is 1. The van der Waals surface area contributed by atoms with Gasteiger partial charge in [0, 0.05) is 30.3 Å². The number of carboxylic acid groups (broad SMARTS) is 2. The number of nitrogens with zero attached hydrogens (tertiary/aromatic N) is 1. The van der Waals surface area contributed by atoms with Crippen molar-refractivity contribution in [2.24, 2.45) is 5.92 Å². The van der Waals surface area contributed by atoms with Crippen molar-refractivity contribution in [3.05, 3.63) is 48.2 Å². The Bertz CT molecular complexity index is 971. The van der Waals surface area contributed by atoms with Gasteiger partial charge in [-0.1, -0.05) is 6.07 Å². The minimum atomic E-state index is -1.26. The highest BCUT2D eigenvalue weighted by Crippen LogP contribution is 2.40. The number of para-hydroxylation sites is 1. The van der Waals surface area contributed by atoms with Crippen molar-refractivity contribution < 1.29 is 38.7 Å². The molecule has 0 unspecified atom stereocenters. The number of benzene rings is 1. The second-order valence-electron chi connectivity index (χ2n) is 7.38. The maximum atomic E-state index is 9.55. The quantitative estimate of drug-likeness (QED) is 0.464.